The zero-order valence-corrected chi connectivity index (χ0v) is 15.8. The summed E-state index contributed by atoms with van der Waals surface area (Å²) in [7, 11) is 0. The lowest BCUT2D eigenvalue weighted by atomic mass is 10.2. The number of hydrogen-bond donors (Lipinski definition) is 2. The van der Waals surface area contributed by atoms with Crippen LogP contribution < -0.4 is 22.3 Å². The summed E-state index contributed by atoms with van der Waals surface area (Å²) < 4.78 is 2.66. The van der Waals surface area contributed by atoms with Crippen molar-refractivity contribution in [2.75, 3.05) is 11.1 Å². The number of hydrogen-bond acceptors (Lipinski definition) is 6. The van der Waals surface area contributed by atoms with Crippen LogP contribution in [0.25, 0.3) is 11.3 Å². The Balaban J connectivity index is 1.83. The minimum atomic E-state index is -0.404. The second-order valence-corrected chi connectivity index (χ2v) is 7.48. The molecule has 0 saturated heterocycles. The molecule has 140 valence electrons. The molecule has 2 aromatic heterocycles. The van der Waals surface area contributed by atoms with Gasteiger partial charge in [0.05, 0.1) is 12.2 Å². The first-order chi connectivity index (χ1) is 13.1. The number of nitrogen functional groups attached to an aromatic ring is 1. The number of nitrogens with one attached hydrogen (secondary N) is 1. The lowest BCUT2D eigenvalue weighted by molar-refractivity contribution is 0.606. The van der Waals surface area contributed by atoms with Gasteiger partial charge in [-0.05, 0) is 25.3 Å². The second kappa shape index (κ2) is 7.03. The van der Waals surface area contributed by atoms with Crippen LogP contribution >= 0.6 is 11.3 Å². The lowest BCUT2D eigenvalue weighted by Crippen LogP contribution is -2.41. The molecule has 1 aliphatic rings. The molecule has 0 atom stereocenters. The van der Waals surface area contributed by atoms with E-state index in [0.29, 0.717) is 18.3 Å². The fourth-order valence-corrected chi connectivity index (χ4v) is 3.79. The van der Waals surface area contributed by atoms with Crippen LogP contribution in [0.2, 0.25) is 0 Å². The van der Waals surface area contributed by atoms with Gasteiger partial charge in [-0.2, -0.15) is 0 Å². The molecule has 1 saturated carbocycles. The Morgan fingerprint density at radius 3 is 2.63 bits per heavy atom. The SMILES string of the molecule is CCn1c(=O)c(-c2csc(NC3CC3)n2)c(N)n(Cc2ccccc2)c1=O. The Bertz CT molecular complexity index is 1080. The molecule has 0 aliphatic heterocycles. The highest BCUT2D eigenvalue weighted by Gasteiger charge is 2.24. The lowest BCUT2D eigenvalue weighted by Gasteiger charge is -2.15. The summed E-state index contributed by atoms with van der Waals surface area (Å²) in [5, 5.41) is 5.92. The van der Waals surface area contributed by atoms with Crippen molar-refractivity contribution >= 4 is 22.3 Å². The number of aromatic nitrogens is 3. The van der Waals surface area contributed by atoms with E-state index in [1.165, 1.54) is 20.5 Å². The molecule has 0 radical (unpaired) electrons. The van der Waals surface area contributed by atoms with Crippen molar-refractivity contribution in [2.45, 2.75) is 38.9 Å². The van der Waals surface area contributed by atoms with Crippen molar-refractivity contribution in [3.63, 3.8) is 0 Å². The fourth-order valence-electron chi connectivity index (χ4n) is 3.01. The first kappa shape index (κ1) is 17.5. The molecule has 0 amide bonds. The summed E-state index contributed by atoms with van der Waals surface area (Å²) in [6.45, 7) is 2.35. The highest BCUT2D eigenvalue weighted by atomic mass is 32.1. The zero-order chi connectivity index (χ0) is 19.0. The third kappa shape index (κ3) is 3.40. The number of anilines is 2. The van der Waals surface area contributed by atoms with Crippen molar-refractivity contribution in [2.24, 2.45) is 0 Å². The zero-order valence-electron chi connectivity index (χ0n) is 15.0. The van der Waals surface area contributed by atoms with E-state index in [1.54, 1.807) is 6.92 Å². The van der Waals surface area contributed by atoms with Gasteiger partial charge in [0.25, 0.3) is 5.56 Å². The molecule has 3 N–H and O–H groups in total. The number of thiazole rings is 1. The Kier molecular flexibility index (Phi) is 4.57. The van der Waals surface area contributed by atoms with Crippen molar-refractivity contribution < 1.29 is 0 Å². The van der Waals surface area contributed by atoms with Gasteiger partial charge in [-0.3, -0.25) is 13.9 Å². The van der Waals surface area contributed by atoms with Gasteiger partial charge in [-0.1, -0.05) is 30.3 Å². The minimum Gasteiger partial charge on any atom is -0.384 e. The quantitative estimate of drug-likeness (QED) is 0.681. The topological polar surface area (TPSA) is 94.9 Å². The molecular weight excluding hydrogens is 362 g/mol. The highest BCUT2D eigenvalue weighted by Crippen LogP contribution is 2.30. The summed E-state index contributed by atoms with van der Waals surface area (Å²) in [6, 6.07) is 10.0. The largest absolute Gasteiger partial charge is 0.384 e. The van der Waals surface area contributed by atoms with Gasteiger partial charge in [-0.15, -0.1) is 11.3 Å². The van der Waals surface area contributed by atoms with Gasteiger partial charge in [0.1, 0.15) is 11.4 Å². The molecule has 7 nitrogen and oxygen atoms in total. The normalized spacial score (nSPS) is 13.7. The molecular formula is C19H21N5O2S. The standard InChI is InChI=1S/C19H21N5O2S/c1-2-23-17(25)15(14-11-27-18(22-14)21-13-8-9-13)16(20)24(19(23)26)10-12-6-4-3-5-7-12/h3-7,11,13H,2,8-10,20H2,1H3,(H,21,22). The van der Waals surface area contributed by atoms with Crippen LogP contribution in [0.4, 0.5) is 10.9 Å². The maximum absolute atomic E-state index is 12.9. The molecule has 1 aliphatic carbocycles. The number of benzene rings is 1. The van der Waals surface area contributed by atoms with E-state index in [1.807, 2.05) is 35.7 Å². The van der Waals surface area contributed by atoms with E-state index in [4.69, 9.17) is 5.73 Å². The molecule has 0 unspecified atom stereocenters. The van der Waals surface area contributed by atoms with Crippen molar-refractivity contribution in [1.29, 1.82) is 0 Å². The van der Waals surface area contributed by atoms with Crippen LogP contribution in [0, 0.1) is 0 Å². The molecule has 27 heavy (non-hydrogen) atoms. The minimum absolute atomic E-state index is 0.154. The van der Waals surface area contributed by atoms with Gasteiger partial charge in [0.15, 0.2) is 5.13 Å². The Hall–Kier alpha value is -2.87. The van der Waals surface area contributed by atoms with E-state index in [9.17, 15) is 9.59 Å². The Morgan fingerprint density at radius 2 is 1.96 bits per heavy atom. The molecule has 4 rings (SSSR count). The first-order valence-corrected chi connectivity index (χ1v) is 9.86. The van der Waals surface area contributed by atoms with Gasteiger partial charge in [0, 0.05) is 18.0 Å². The fraction of sp³-hybridized carbons (Fsp3) is 0.316. The summed E-state index contributed by atoms with van der Waals surface area (Å²) in [5.41, 5.74) is 7.24. The smallest absolute Gasteiger partial charge is 0.332 e. The molecule has 0 bridgehead atoms. The Labute approximate surface area is 160 Å². The summed E-state index contributed by atoms with van der Waals surface area (Å²) in [4.78, 5) is 30.2. The monoisotopic (exact) mass is 383 g/mol. The van der Waals surface area contributed by atoms with Gasteiger partial charge >= 0.3 is 5.69 Å². The highest BCUT2D eigenvalue weighted by molar-refractivity contribution is 7.14. The average Bonchev–Trinajstić information content (AvgIpc) is 3.36. The third-order valence-electron chi connectivity index (χ3n) is 4.63. The van der Waals surface area contributed by atoms with Crippen molar-refractivity contribution in [3.8, 4) is 11.3 Å². The third-order valence-corrected chi connectivity index (χ3v) is 5.41. The summed E-state index contributed by atoms with van der Waals surface area (Å²) in [5.74, 6) is 0.154. The van der Waals surface area contributed by atoms with Crippen molar-refractivity contribution in [3.05, 3.63) is 62.1 Å². The molecule has 0 spiro atoms. The molecule has 1 fully saturated rings. The van der Waals surface area contributed by atoms with Crippen LogP contribution in [0.1, 0.15) is 25.3 Å². The molecule has 8 heteroatoms. The summed E-state index contributed by atoms with van der Waals surface area (Å²) >= 11 is 1.44. The van der Waals surface area contributed by atoms with Crippen LogP contribution in [0.5, 0.6) is 0 Å². The van der Waals surface area contributed by atoms with Gasteiger partial charge < -0.3 is 11.1 Å². The summed E-state index contributed by atoms with van der Waals surface area (Å²) in [6.07, 6.45) is 2.28. The second-order valence-electron chi connectivity index (χ2n) is 6.62. The van der Waals surface area contributed by atoms with E-state index in [2.05, 4.69) is 10.3 Å². The number of rotatable bonds is 6. The van der Waals surface area contributed by atoms with E-state index in [0.717, 1.165) is 23.5 Å². The Morgan fingerprint density at radius 1 is 1.22 bits per heavy atom. The van der Waals surface area contributed by atoms with Crippen LogP contribution in [-0.4, -0.2) is 20.2 Å². The number of nitrogens with two attached hydrogens (primary N) is 1. The van der Waals surface area contributed by atoms with Gasteiger partial charge in [-0.25, -0.2) is 9.78 Å². The first-order valence-electron chi connectivity index (χ1n) is 8.98. The average molecular weight is 383 g/mol. The van der Waals surface area contributed by atoms with E-state index < -0.39 is 11.2 Å². The van der Waals surface area contributed by atoms with Crippen LogP contribution in [-0.2, 0) is 13.1 Å². The molecule has 2 heterocycles. The van der Waals surface area contributed by atoms with Crippen LogP contribution in [0.15, 0.2) is 45.3 Å². The van der Waals surface area contributed by atoms with Crippen molar-refractivity contribution in [1.82, 2.24) is 14.1 Å². The van der Waals surface area contributed by atoms with E-state index >= 15 is 0 Å². The van der Waals surface area contributed by atoms with Gasteiger partial charge in [0.2, 0.25) is 0 Å². The van der Waals surface area contributed by atoms with E-state index in [-0.39, 0.29) is 17.9 Å². The number of nitrogens with zero attached hydrogens (tertiary/aromatic N) is 3. The maximum atomic E-state index is 12.9. The predicted octanol–water partition coefficient (Wildman–Crippen LogP) is 2.36. The maximum Gasteiger partial charge on any atom is 0.332 e. The predicted molar refractivity (Wildman–Crippen MR) is 108 cm³/mol. The molecule has 1 aromatic carbocycles. The van der Waals surface area contributed by atoms with Crippen LogP contribution in [0.3, 0.4) is 0 Å². The molecule has 3 aromatic rings.